The number of nitrogens with one attached hydrogen (secondary N) is 3. The minimum Gasteiger partial charge on any atom is -0.480 e. The molecule has 0 fully saturated rings. The molecule has 23 heavy (non-hydrogen) atoms. The molecule has 0 aliphatic rings. The van der Waals surface area contributed by atoms with E-state index in [0.29, 0.717) is 6.54 Å². The minimum atomic E-state index is -0.833. The molecule has 0 aromatic heterocycles. The average molecular weight is 339 g/mol. The van der Waals surface area contributed by atoms with Crippen LogP contribution in [0.5, 0.6) is 0 Å². The van der Waals surface area contributed by atoms with Gasteiger partial charge < -0.3 is 26.8 Å². The van der Waals surface area contributed by atoms with E-state index in [1.807, 2.05) is 27.7 Å². The van der Waals surface area contributed by atoms with Crippen LogP contribution >= 0.6 is 0 Å². The first-order chi connectivity index (χ1) is 9.46. The minimum absolute atomic E-state index is 0. The summed E-state index contributed by atoms with van der Waals surface area (Å²) in [5.74, 6) is -0.794. The molecule has 1 amide bonds. The number of carboxylic acids is 1. The molecule has 0 heterocycles. The zero-order valence-corrected chi connectivity index (χ0v) is 14.8. The summed E-state index contributed by atoms with van der Waals surface area (Å²) < 4.78 is 0. The van der Waals surface area contributed by atoms with Gasteiger partial charge in [-0.1, -0.05) is 21.8 Å². The van der Waals surface area contributed by atoms with E-state index in [2.05, 4.69) is 16.0 Å². The molecular formula is C16H42N4O3. The van der Waals surface area contributed by atoms with E-state index in [0.717, 1.165) is 6.54 Å². The van der Waals surface area contributed by atoms with Gasteiger partial charge in [0.25, 0.3) is 0 Å². The Balaban J connectivity index is -0.0000000755. The van der Waals surface area contributed by atoms with Crippen LogP contribution in [0.1, 0.15) is 56.4 Å². The standard InChI is InChI=1S/C7H16N2O.C5H11NO2.C2H7N.2CH4/c1-5-9-6(10)7(2,3)8-4;1-5(2,6-3)4(7)8;1-2-3;;/h8H,5H2,1-4H3,(H,9,10);6H,1-3H3,(H,7,8);2-3H2,1H3;2*1H4. The van der Waals surface area contributed by atoms with Crippen molar-refractivity contribution in [3.05, 3.63) is 0 Å². The third kappa shape index (κ3) is 18.8. The van der Waals surface area contributed by atoms with Crippen LogP contribution < -0.4 is 21.7 Å². The summed E-state index contributed by atoms with van der Waals surface area (Å²) in [6.45, 7) is 12.1. The monoisotopic (exact) mass is 338 g/mol. The quantitative estimate of drug-likeness (QED) is 0.518. The number of carbonyl (C=O) groups is 2. The van der Waals surface area contributed by atoms with Crippen molar-refractivity contribution in [2.75, 3.05) is 27.2 Å². The number of carbonyl (C=O) groups excluding carboxylic acids is 1. The molecule has 0 spiro atoms. The molecule has 0 saturated carbocycles. The first-order valence-corrected chi connectivity index (χ1v) is 7.06. The molecule has 0 bridgehead atoms. The van der Waals surface area contributed by atoms with E-state index >= 15 is 0 Å². The summed E-state index contributed by atoms with van der Waals surface area (Å²) in [7, 11) is 3.39. The van der Waals surface area contributed by atoms with Gasteiger partial charge in [0.1, 0.15) is 5.54 Å². The molecule has 0 aromatic rings. The van der Waals surface area contributed by atoms with Gasteiger partial charge in [0.15, 0.2) is 0 Å². The zero-order valence-electron chi connectivity index (χ0n) is 14.8. The first kappa shape index (κ1) is 33.4. The molecule has 0 atom stereocenters. The molecule has 0 aromatic carbocycles. The lowest BCUT2D eigenvalue weighted by molar-refractivity contribution is -0.143. The van der Waals surface area contributed by atoms with E-state index in [-0.39, 0.29) is 20.8 Å². The fourth-order valence-electron chi connectivity index (χ4n) is 0.602. The van der Waals surface area contributed by atoms with Gasteiger partial charge in [0.05, 0.1) is 5.54 Å². The number of hydrogen-bond acceptors (Lipinski definition) is 5. The Labute approximate surface area is 143 Å². The smallest absolute Gasteiger partial charge is 0.323 e. The average Bonchev–Trinajstić information content (AvgIpc) is 2.40. The number of likely N-dealkylation sites (N-methyl/N-ethyl adjacent to an activating group) is 3. The number of aliphatic carboxylic acids is 1. The predicted molar refractivity (Wildman–Crippen MR) is 101 cm³/mol. The van der Waals surface area contributed by atoms with Gasteiger partial charge in [-0.3, -0.25) is 9.59 Å². The maximum Gasteiger partial charge on any atom is 0.323 e. The van der Waals surface area contributed by atoms with Gasteiger partial charge in [0, 0.05) is 6.54 Å². The first-order valence-electron chi connectivity index (χ1n) is 7.06. The Hall–Kier alpha value is -1.18. The van der Waals surface area contributed by atoms with Gasteiger partial charge in [-0.2, -0.15) is 0 Å². The number of carboxylic acid groups (broad SMARTS) is 1. The highest BCUT2D eigenvalue weighted by atomic mass is 16.4. The molecule has 0 aliphatic carbocycles. The number of rotatable bonds is 5. The van der Waals surface area contributed by atoms with Crippen LogP contribution in [0, 0.1) is 0 Å². The van der Waals surface area contributed by atoms with Crippen molar-refractivity contribution in [1.29, 1.82) is 0 Å². The van der Waals surface area contributed by atoms with Crippen molar-refractivity contribution in [1.82, 2.24) is 16.0 Å². The van der Waals surface area contributed by atoms with E-state index < -0.39 is 17.0 Å². The summed E-state index contributed by atoms with van der Waals surface area (Å²) in [6.07, 6.45) is 0. The maximum absolute atomic E-state index is 11.1. The lowest BCUT2D eigenvalue weighted by atomic mass is 10.1. The fraction of sp³-hybridized carbons (Fsp3) is 0.875. The molecule has 0 radical (unpaired) electrons. The maximum atomic E-state index is 11.1. The second-order valence-electron chi connectivity index (χ2n) is 5.32. The molecule has 0 saturated heterocycles. The SMILES string of the molecule is C.C.CCN.CCNC(=O)C(C)(C)NC.CNC(C)(C)C(=O)O. The highest BCUT2D eigenvalue weighted by molar-refractivity contribution is 5.85. The fourth-order valence-corrected chi connectivity index (χ4v) is 0.602. The van der Waals surface area contributed by atoms with Crippen molar-refractivity contribution in [2.45, 2.75) is 67.5 Å². The third-order valence-corrected chi connectivity index (χ3v) is 2.69. The third-order valence-electron chi connectivity index (χ3n) is 2.69. The van der Waals surface area contributed by atoms with Crippen LogP contribution in [-0.2, 0) is 9.59 Å². The Morgan fingerprint density at radius 3 is 1.39 bits per heavy atom. The molecule has 0 rings (SSSR count). The van der Waals surface area contributed by atoms with Crippen molar-refractivity contribution in [3.8, 4) is 0 Å². The summed E-state index contributed by atoms with van der Waals surface area (Å²) in [5, 5.41) is 16.7. The summed E-state index contributed by atoms with van der Waals surface area (Å²) in [4.78, 5) is 21.3. The highest BCUT2D eigenvalue weighted by Crippen LogP contribution is 1.99. The lowest BCUT2D eigenvalue weighted by Gasteiger charge is -2.21. The number of amides is 1. The van der Waals surface area contributed by atoms with Crippen LogP contribution in [0.4, 0.5) is 0 Å². The van der Waals surface area contributed by atoms with Crippen molar-refractivity contribution < 1.29 is 14.7 Å². The largest absolute Gasteiger partial charge is 0.480 e. The molecule has 144 valence electrons. The van der Waals surface area contributed by atoms with E-state index in [9.17, 15) is 9.59 Å². The Bertz CT molecular complexity index is 293. The molecule has 6 N–H and O–H groups in total. The molecule has 7 nitrogen and oxygen atoms in total. The van der Waals surface area contributed by atoms with E-state index in [1.54, 1.807) is 27.9 Å². The van der Waals surface area contributed by atoms with Gasteiger partial charge in [-0.15, -0.1) is 0 Å². The highest BCUT2D eigenvalue weighted by Gasteiger charge is 2.24. The van der Waals surface area contributed by atoms with Crippen LogP contribution in [0.15, 0.2) is 0 Å². The number of nitrogens with two attached hydrogens (primary N) is 1. The van der Waals surface area contributed by atoms with Gasteiger partial charge >= 0.3 is 5.97 Å². The molecule has 7 heteroatoms. The summed E-state index contributed by atoms with van der Waals surface area (Å²) in [6, 6.07) is 0. The second kappa shape index (κ2) is 17.2. The van der Waals surface area contributed by atoms with E-state index in [1.165, 1.54) is 0 Å². The van der Waals surface area contributed by atoms with Crippen LogP contribution in [0.2, 0.25) is 0 Å². The predicted octanol–water partition coefficient (Wildman–Crippen LogP) is 1.43. The van der Waals surface area contributed by atoms with Crippen molar-refractivity contribution in [2.24, 2.45) is 5.73 Å². The van der Waals surface area contributed by atoms with Gasteiger partial charge in [0.2, 0.25) is 5.91 Å². The van der Waals surface area contributed by atoms with Crippen LogP contribution in [0.25, 0.3) is 0 Å². The second-order valence-corrected chi connectivity index (χ2v) is 5.32. The topological polar surface area (TPSA) is 116 Å². The summed E-state index contributed by atoms with van der Waals surface area (Å²) in [5.41, 5.74) is 3.61. The summed E-state index contributed by atoms with van der Waals surface area (Å²) >= 11 is 0. The van der Waals surface area contributed by atoms with Gasteiger partial charge in [-0.25, -0.2) is 0 Å². The lowest BCUT2D eigenvalue weighted by Crippen LogP contribution is -2.50. The van der Waals surface area contributed by atoms with Crippen molar-refractivity contribution in [3.63, 3.8) is 0 Å². The van der Waals surface area contributed by atoms with Crippen LogP contribution in [-0.4, -0.2) is 55.2 Å². The molecular weight excluding hydrogens is 296 g/mol. The van der Waals surface area contributed by atoms with E-state index in [4.69, 9.17) is 10.8 Å². The Kier molecular flexibility index (Phi) is 25.0. The molecule has 0 aliphatic heterocycles. The normalized spacial score (nSPS) is 9.61. The number of hydrogen-bond donors (Lipinski definition) is 5. The van der Waals surface area contributed by atoms with Crippen molar-refractivity contribution >= 4 is 11.9 Å². The zero-order chi connectivity index (χ0) is 17.7. The Morgan fingerprint density at radius 1 is 0.957 bits per heavy atom. The van der Waals surface area contributed by atoms with Gasteiger partial charge in [-0.05, 0) is 55.3 Å². The Morgan fingerprint density at radius 2 is 1.26 bits per heavy atom. The van der Waals surface area contributed by atoms with Crippen LogP contribution in [0.3, 0.4) is 0 Å². The molecule has 0 unspecified atom stereocenters.